The van der Waals surface area contributed by atoms with Crippen LogP contribution in [0.1, 0.15) is 66.7 Å². The third-order valence-corrected chi connectivity index (χ3v) is 6.50. The summed E-state index contributed by atoms with van der Waals surface area (Å²) in [5.41, 5.74) is 0.101. The number of likely N-dealkylation sites (N-methyl/N-ethyl adjacent to an activating group) is 1. The van der Waals surface area contributed by atoms with Gasteiger partial charge in [0.25, 0.3) is 0 Å². The van der Waals surface area contributed by atoms with E-state index in [2.05, 4.69) is 39.5 Å². The zero-order valence-corrected chi connectivity index (χ0v) is 14.6. The maximum atomic E-state index is 11.0. The summed E-state index contributed by atoms with van der Waals surface area (Å²) in [5, 5.41) is 21.6. The van der Waals surface area contributed by atoms with Crippen molar-refractivity contribution in [2.45, 2.75) is 85.0 Å². The van der Waals surface area contributed by atoms with E-state index in [0.29, 0.717) is 5.41 Å². The van der Waals surface area contributed by atoms with Gasteiger partial charge in [-0.05, 0) is 56.5 Å². The number of hydrogen-bond donors (Lipinski definition) is 2. The van der Waals surface area contributed by atoms with E-state index in [-0.39, 0.29) is 23.7 Å². The molecule has 21 heavy (non-hydrogen) atoms. The van der Waals surface area contributed by atoms with E-state index in [9.17, 15) is 10.2 Å². The lowest BCUT2D eigenvalue weighted by atomic mass is 9.62. The summed E-state index contributed by atoms with van der Waals surface area (Å²) in [5.74, 6) is 0.718. The number of aliphatic hydroxyl groups excluding tert-OH is 2. The minimum Gasteiger partial charge on any atom is -0.392 e. The van der Waals surface area contributed by atoms with Crippen LogP contribution in [0.2, 0.25) is 0 Å². The van der Waals surface area contributed by atoms with Crippen molar-refractivity contribution in [3.8, 4) is 0 Å². The Hall–Kier alpha value is -0.120. The van der Waals surface area contributed by atoms with Crippen molar-refractivity contribution >= 4 is 0 Å². The fourth-order valence-corrected chi connectivity index (χ4v) is 4.86. The Bertz CT molecular complexity index is 338. The monoisotopic (exact) mass is 297 g/mol. The predicted octanol–water partition coefficient (Wildman–Crippen LogP) is 3.05. The molecule has 0 radical (unpaired) electrons. The molecular weight excluding hydrogens is 262 g/mol. The van der Waals surface area contributed by atoms with Crippen molar-refractivity contribution in [2.24, 2.45) is 16.7 Å². The molecule has 0 aromatic heterocycles. The van der Waals surface area contributed by atoms with Crippen LogP contribution in [-0.2, 0) is 0 Å². The molecule has 0 aliphatic heterocycles. The van der Waals surface area contributed by atoms with Gasteiger partial charge in [-0.25, -0.2) is 0 Å². The van der Waals surface area contributed by atoms with Crippen LogP contribution in [0.15, 0.2) is 0 Å². The number of rotatable bonds is 3. The zero-order chi connectivity index (χ0) is 15.8. The lowest BCUT2D eigenvalue weighted by Gasteiger charge is -2.46. The van der Waals surface area contributed by atoms with Crippen molar-refractivity contribution < 1.29 is 10.2 Å². The molecule has 124 valence electrons. The predicted molar refractivity (Wildman–Crippen MR) is 87.2 cm³/mol. The van der Waals surface area contributed by atoms with E-state index in [4.69, 9.17) is 0 Å². The molecule has 3 nitrogen and oxygen atoms in total. The van der Waals surface area contributed by atoms with Gasteiger partial charge < -0.3 is 10.2 Å². The second-order valence-electron chi connectivity index (χ2n) is 8.36. The molecule has 2 saturated carbocycles. The smallest absolute Gasteiger partial charge is 0.0777 e. The van der Waals surface area contributed by atoms with Gasteiger partial charge in [0.2, 0.25) is 0 Å². The van der Waals surface area contributed by atoms with E-state index < -0.39 is 0 Å². The number of hydrogen-bond acceptors (Lipinski definition) is 3. The molecule has 3 unspecified atom stereocenters. The molecule has 0 aromatic carbocycles. The Morgan fingerprint density at radius 1 is 1.05 bits per heavy atom. The van der Waals surface area contributed by atoms with Crippen LogP contribution in [0.4, 0.5) is 0 Å². The van der Waals surface area contributed by atoms with Crippen LogP contribution in [-0.4, -0.2) is 46.5 Å². The lowest BCUT2D eigenvalue weighted by Crippen LogP contribution is -2.49. The topological polar surface area (TPSA) is 43.7 Å². The summed E-state index contributed by atoms with van der Waals surface area (Å²) in [6.07, 6.45) is 4.28. The molecule has 2 aliphatic rings. The fourth-order valence-electron chi connectivity index (χ4n) is 4.86. The molecule has 2 N–H and O–H groups in total. The van der Waals surface area contributed by atoms with E-state index in [1.54, 1.807) is 0 Å². The summed E-state index contributed by atoms with van der Waals surface area (Å²) in [6, 6.07) is 0.140. The number of aliphatic hydroxyl groups is 2. The molecule has 3 heteroatoms. The van der Waals surface area contributed by atoms with Crippen LogP contribution in [0, 0.1) is 16.7 Å². The van der Waals surface area contributed by atoms with E-state index >= 15 is 0 Å². The second kappa shape index (κ2) is 6.17. The molecule has 0 amide bonds. The Morgan fingerprint density at radius 2 is 1.57 bits per heavy atom. The largest absolute Gasteiger partial charge is 0.392 e. The van der Waals surface area contributed by atoms with Gasteiger partial charge in [-0.2, -0.15) is 0 Å². The van der Waals surface area contributed by atoms with E-state index in [1.807, 2.05) is 0 Å². The summed E-state index contributed by atoms with van der Waals surface area (Å²) in [6.45, 7) is 13.1. The van der Waals surface area contributed by atoms with Crippen LogP contribution in [0.25, 0.3) is 0 Å². The van der Waals surface area contributed by atoms with Crippen LogP contribution in [0.3, 0.4) is 0 Å². The molecule has 2 aliphatic carbocycles. The van der Waals surface area contributed by atoms with Crippen LogP contribution < -0.4 is 0 Å². The fraction of sp³-hybridized carbons (Fsp3) is 1.00. The molecular formula is C18H35NO2. The molecule has 1 spiro atoms. The van der Waals surface area contributed by atoms with Gasteiger partial charge >= 0.3 is 0 Å². The van der Waals surface area contributed by atoms with Gasteiger partial charge in [-0.1, -0.05) is 34.6 Å². The van der Waals surface area contributed by atoms with Gasteiger partial charge in [-0.15, -0.1) is 0 Å². The molecule has 0 bridgehead atoms. The summed E-state index contributed by atoms with van der Waals surface area (Å²) >= 11 is 0. The second-order valence-corrected chi connectivity index (χ2v) is 8.36. The highest BCUT2D eigenvalue weighted by molar-refractivity contribution is 5.08. The molecule has 3 atom stereocenters. The number of nitrogens with zero attached hydrogens (tertiary/aromatic N) is 1. The van der Waals surface area contributed by atoms with Crippen molar-refractivity contribution in [3.05, 3.63) is 0 Å². The van der Waals surface area contributed by atoms with Gasteiger partial charge in [0, 0.05) is 11.5 Å². The highest BCUT2D eigenvalue weighted by Crippen LogP contribution is 2.54. The van der Waals surface area contributed by atoms with Crippen molar-refractivity contribution in [3.63, 3.8) is 0 Å². The highest BCUT2D eigenvalue weighted by Gasteiger charge is 2.56. The summed E-state index contributed by atoms with van der Waals surface area (Å²) in [4.78, 5) is 2.32. The van der Waals surface area contributed by atoms with Crippen LogP contribution >= 0.6 is 0 Å². The molecule has 2 fully saturated rings. The molecule has 0 heterocycles. The highest BCUT2D eigenvalue weighted by atomic mass is 16.3. The normalized spacial score (nSPS) is 41.1. The lowest BCUT2D eigenvalue weighted by molar-refractivity contribution is -0.0773. The first-order chi connectivity index (χ1) is 9.76. The van der Waals surface area contributed by atoms with E-state index in [0.717, 1.165) is 51.1 Å². The Labute approximate surface area is 130 Å². The van der Waals surface area contributed by atoms with Gasteiger partial charge in [0.05, 0.1) is 12.2 Å². The Morgan fingerprint density at radius 3 is 2.00 bits per heavy atom. The molecule has 0 saturated heterocycles. The first-order valence-corrected chi connectivity index (χ1v) is 8.86. The first kappa shape index (κ1) is 17.2. The average Bonchev–Trinajstić information content (AvgIpc) is 2.66. The molecule has 0 aromatic rings. The maximum Gasteiger partial charge on any atom is 0.0777 e. The third kappa shape index (κ3) is 3.02. The first-order valence-electron chi connectivity index (χ1n) is 8.86. The third-order valence-electron chi connectivity index (χ3n) is 6.50. The summed E-state index contributed by atoms with van der Waals surface area (Å²) < 4.78 is 0. The summed E-state index contributed by atoms with van der Waals surface area (Å²) in [7, 11) is 0. The molecule has 2 rings (SSSR count). The Kier molecular flexibility index (Phi) is 5.07. The van der Waals surface area contributed by atoms with Crippen molar-refractivity contribution in [1.29, 1.82) is 0 Å². The quantitative estimate of drug-likeness (QED) is 0.841. The zero-order valence-electron chi connectivity index (χ0n) is 14.6. The minimum atomic E-state index is -0.367. The van der Waals surface area contributed by atoms with Gasteiger partial charge in [-0.3, -0.25) is 4.90 Å². The van der Waals surface area contributed by atoms with Gasteiger partial charge in [0.15, 0.2) is 0 Å². The SMILES string of the molecule is CCN(CC)C1CC(O)C2(CCC(C(C)(C)C)CC2)C1O. The standard InChI is InChI=1S/C18H35NO2/c1-6-19(7-2)14-12-15(20)18(16(14)21)10-8-13(9-11-18)17(3,4)5/h13-16,20-21H,6-12H2,1-5H3. The van der Waals surface area contributed by atoms with Crippen LogP contribution in [0.5, 0.6) is 0 Å². The van der Waals surface area contributed by atoms with E-state index in [1.165, 1.54) is 0 Å². The average molecular weight is 297 g/mol. The van der Waals surface area contributed by atoms with Crippen molar-refractivity contribution in [1.82, 2.24) is 4.90 Å². The van der Waals surface area contributed by atoms with Gasteiger partial charge in [0.1, 0.15) is 0 Å². The maximum absolute atomic E-state index is 11.0. The Balaban J connectivity index is 2.10. The van der Waals surface area contributed by atoms with Crippen molar-refractivity contribution in [2.75, 3.05) is 13.1 Å². The minimum absolute atomic E-state index is 0.140.